The maximum atomic E-state index is 10.8. The molecule has 0 heterocycles. The van der Waals surface area contributed by atoms with Gasteiger partial charge in [-0.3, -0.25) is 4.79 Å². The second kappa shape index (κ2) is 18.8. The van der Waals surface area contributed by atoms with Gasteiger partial charge in [0, 0.05) is 0 Å². The average molecular weight is 333 g/mol. The molecule has 0 aromatic carbocycles. The third kappa shape index (κ3) is 17.8. The molecule has 0 radical (unpaired) electrons. The average Bonchev–Trinajstić information content (AvgIpc) is 2.54. The Morgan fingerprint density at radius 1 is 0.682 bits per heavy atom. The molecule has 0 aromatic heterocycles. The Labute approximate surface area is 143 Å². The molecule has 0 atom stereocenters. The number of halogens is 1. The number of hydrogen-bond acceptors (Lipinski definition) is 2. The molecule has 2 nitrogen and oxygen atoms in total. The Morgan fingerprint density at radius 3 is 1.41 bits per heavy atom. The van der Waals surface area contributed by atoms with E-state index < -0.39 is 0 Å². The molecule has 0 N–H and O–H groups in total. The molecular weight excluding hydrogens is 296 g/mol. The quantitative estimate of drug-likeness (QED) is 0.169. The van der Waals surface area contributed by atoms with Crippen LogP contribution in [0.15, 0.2) is 0 Å². The monoisotopic (exact) mass is 332 g/mol. The lowest BCUT2D eigenvalue weighted by atomic mass is 10.0. The maximum Gasteiger partial charge on any atom is 0.320 e. The summed E-state index contributed by atoms with van der Waals surface area (Å²) in [6, 6.07) is 0. The van der Waals surface area contributed by atoms with Crippen molar-refractivity contribution >= 4 is 17.6 Å². The van der Waals surface area contributed by atoms with Crippen LogP contribution < -0.4 is 0 Å². The highest BCUT2D eigenvalue weighted by molar-refractivity contribution is 6.26. The van der Waals surface area contributed by atoms with Gasteiger partial charge in [0.25, 0.3) is 0 Å². The summed E-state index contributed by atoms with van der Waals surface area (Å²) in [6.07, 6.45) is 20.2. The van der Waals surface area contributed by atoms with Crippen LogP contribution in [0.5, 0.6) is 0 Å². The molecule has 132 valence electrons. The van der Waals surface area contributed by atoms with Gasteiger partial charge in [0.15, 0.2) is 0 Å². The van der Waals surface area contributed by atoms with E-state index in [-0.39, 0.29) is 11.8 Å². The number of esters is 1. The molecule has 0 aromatic rings. The van der Waals surface area contributed by atoms with Gasteiger partial charge in [-0.1, -0.05) is 96.8 Å². The van der Waals surface area contributed by atoms with Crippen molar-refractivity contribution in [2.45, 2.75) is 103 Å². The second-order valence-corrected chi connectivity index (χ2v) is 6.57. The topological polar surface area (TPSA) is 26.3 Å². The molecular formula is C19H37ClO2. The fraction of sp³-hybridized carbons (Fsp3) is 0.947. The van der Waals surface area contributed by atoms with E-state index >= 15 is 0 Å². The smallest absolute Gasteiger partial charge is 0.320 e. The number of carbonyl (C=O) groups excluding carboxylic acids is 1. The Morgan fingerprint density at radius 2 is 1.05 bits per heavy atom. The standard InChI is InChI=1S/C19H37ClO2/c1-2-3-4-5-6-7-8-9-10-11-12-13-14-15-16-17-22-19(21)18-20/h2-18H2,1H3. The van der Waals surface area contributed by atoms with Crippen LogP contribution in [0, 0.1) is 0 Å². The highest BCUT2D eigenvalue weighted by Gasteiger charge is 1.98. The number of alkyl halides is 1. The Bertz CT molecular complexity index is 231. The Hall–Kier alpha value is -0.240. The molecule has 3 heteroatoms. The molecule has 0 aliphatic carbocycles. The summed E-state index contributed by atoms with van der Waals surface area (Å²) in [4.78, 5) is 10.8. The summed E-state index contributed by atoms with van der Waals surface area (Å²) in [5.74, 6) is -0.328. The fourth-order valence-electron chi connectivity index (χ4n) is 2.70. The third-order valence-corrected chi connectivity index (χ3v) is 4.34. The first-order valence-corrected chi connectivity index (χ1v) is 10.1. The molecule has 22 heavy (non-hydrogen) atoms. The van der Waals surface area contributed by atoms with E-state index in [0.717, 1.165) is 12.8 Å². The zero-order valence-corrected chi connectivity index (χ0v) is 15.5. The van der Waals surface area contributed by atoms with Crippen LogP contribution in [-0.2, 0) is 9.53 Å². The zero-order valence-electron chi connectivity index (χ0n) is 14.7. The lowest BCUT2D eigenvalue weighted by Crippen LogP contribution is -2.06. The van der Waals surface area contributed by atoms with Crippen LogP contribution in [0.2, 0.25) is 0 Å². The van der Waals surface area contributed by atoms with Gasteiger partial charge >= 0.3 is 5.97 Å². The van der Waals surface area contributed by atoms with Gasteiger partial charge in [-0.05, 0) is 6.42 Å². The van der Waals surface area contributed by atoms with Gasteiger partial charge in [0.1, 0.15) is 5.88 Å². The van der Waals surface area contributed by atoms with Gasteiger partial charge in [0.05, 0.1) is 6.61 Å². The van der Waals surface area contributed by atoms with Crippen molar-refractivity contribution in [2.24, 2.45) is 0 Å². The van der Waals surface area contributed by atoms with Crippen LogP contribution in [0.4, 0.5) is 0 Å². The number of ether oxygens (including phenoxy) is 1. The molecule has 0 rings (SSSR count). The van der Waals surface area contributed by atoms with Gasteiger partial charge in [-0.25, -0.2) is 0 Å². The SMILES string of the molecule is CCCCCCCCCCCCCCCCCOC(=O)CCl. The zero-order chi connectivity index (χ0) is 16.3. The van der Waals surface area contributed by atoms with Crippen molar-refractivity contribution in [3.8, 4) is 0 Å². The van der Waals surface area contributed by atoms with E-state index in [1.54, 1.807) is 0 Å². The minimum absolute atomic E-state index is 0.0290. The molecule has 0 bridgehead atoms. The van der Waals surface area contributed by atoms with Crippen LogP contribution in [0.25, 0.3) is 0 Å². The fourth-order valence-corrected chi connectivity index (χ4v) is 2.78. The van der Waals surface area contributed by atoms with Gasteiger partial charge in [-0.2, -0.15) is 0 Å². The van der Waals surface area contributed by atoms with Crippen molar-refractivity contribution in [3.05, 3.63) is 0 Å². The minimum atomic E-state index is -0.299. The lowest BCUT2D eigenvalue weighted by Gasteiger charge is -2.04. The molecule has 0 saturated carbocycles. The van der Waals surface area contributed by atoms with Crippen molar-refractivity contribution in [2.75, 3.05) is 12.5 Å². The summed E-state index contributed by atoms with van der Waals surface area (Å²) in [5.41, 5.74) is 0. The first-order chi connectivity index (χ1) is 10.8. The Balaban J connectivity index is 2.98. The molecule has 0 spiro atoms. The molecule has 0 aliphatic rings. The number of hydrogen-bond donors (Lipinski definition) is 0. The van der Waals surface area contributed by atoms with Crippen molar-refractivity contribution < 1.29 is 9.53 Å². The van der Waals surface area contributed by atoms with Gasteiger partial charge < -0.3 is 4.74 Å². The van der Waals surface area contributed by atoms with Crippen LogP contribution >= 0.6 is 11.6 Å². The van der Waals surface area contributed by atoms with E-state index in [4.69, 9.17) is 16.3 Å². The Kier molecular flexibility index (Phi) is 18.6. The number of rotatable bonds is 17. The normalized spacial score (nSPS) is 10.8. The van der Waals surface area contributed by atoms with E-state index in [9.17, 15) is 4.79 Å². The van der Waals surface area contributed by atoms with E-state index in [1.165, 1.54) is 83.5 Å². The predicted octanol–water partition coefficient (Wildman–Crippen LogP) is 6.64. The van der Waals surface area contributed by atoms with Gasteiger partial charge in [-0.15, -0.1) is 11.6 Å². The van der Waals surface area contributed by atoms with Gasteiger partial charge in [0.2, 0.25) is 0 Å². The van der Waals surface area contributed by atoms with Crippen molar-refractivity contribution in [1.82, 2.24) is 0 Å². The van der Waals surface area contributed by atoms with Crippen LogP contribution in [0.3, 0.4) is 0 Å². The van der Waals surface area contributed by atoms with Crippen LogP contribution in [0.1, 0.15) is 103 Å². The van der Waals surface area contributed by atoms with E-state index in [1.807, 2.05) is 0 Å². The molecule has 0 amide bonds. The second-order valence-electron chi connectivity index (χ2n) is 6.30. The maximum absolute atomic E-state index is 10.8. The first kappa shape index (κ1) is 21.8. The van der Waals surface area contributed by atoms with Crippen molar-refractivity contribution in [1.29, 1.82) is 0 Å². The van der Waals surface area contributed by atoms with E-state index in [2.05, 4.69) is 6.92 Å². The van der Waals surface area contributed by atoms with Crippen molar-refractivity contribution in [3.63, 3.8) is 0 Å². The summed E-state index contributed by atoms with van der Waals surface area (Å²) >= 11 is 5.35. The van der Waals surface area contributed by atoms with E-state index in [0.29, 0.717) is 6.61 Å². The lowest BCUT2D eigenvalue weighted by molar-refractivity contribution is -0.140. The summed E-state index contributed by atoms with van der Waals surface area (Å²) in [5, 5.41) is 0. The summed E-state index contributed by atoms with van der Waals surface area (Å²) in [6.45, 7) is 2.81. The first-order valence-electron chi connectivity index (χ1n) is 9.52. The molecule has 0 aliphatic heterocycles. The predicted molar refractivity (Wildman–Crippen MR) is 96.6 cm³/mol. The molecule has 0 saturated heterocycles. The third-order valence-electron chi connectivity index (χ3n) is 4.12. The molecule has 0 fully saturated rings. The number of unbranched alkanes of at least 4 members (excludes halogenated alkanes) is 14. The summed E-state index contributed by atoms with van der Waals surface area (Å²) < 4.78 is 4.93. The highest BCUT2D eigenvalue weighted by Crippen LogP contribution is 2.13. The van der Waals surface area contributed by atoms with Crippen LogP contribution in [-0.4, -0.2) is 18.5 Å². The minimum Gasteiger partial charge on any atom is -0.465 e. The molecule has 0 unspecified atom stereocenters. The largest absolute Gasteiger partial charge is 0.465 e. The summed E-state index contributed by atoms with van der Waals surface area (Å²) in [7, 11) is 0. The highest BCUT2D eigenvalue weighted by atomic mass is 35.5. The number of carbonyl (C=O) groups is 1.